The van der Waals surface area contributed by atoms with Crippen molar-refractivity contribution in [3.05, 3.63) is 42.5 Å². The standard InChI is InChI=1S/C12H15N3O3S/c1-13-11-5-2-7-14-12(11)19(16,17)15-8-6-10-4-3-9-18-10/h2-5,7,9,13,15H,6,8H2,1H3. The summed E-state index contributed by atoms with van der Waals surface area (Å²) in [7, 11) is -1.97. The number of furan rings is 1. The van der Waals surface area contributed by atoms with E-state index in [2.05, 4.69) is 15.0 Å². The fourth-order valence-electron chi connectivity index (χ4n) is 1.63. The summed E-state index contributed by atoms with van der Waals surface area (Å²) in [5, 5.41) is 2.80. The van der Waals surface area contributed by atoms with Gasteiger partial charge in [0.25, 0.3) is 10.0 Å². The van der Waals surface area contributed by atoms with E-state index >= 15 is 0 Å². The Hall–Kier alpha value is -1.86. The maximum absolute atomic E-state index is 12.1. The van der Waals surface area contributed by atoms with Crippen molar-refractivity contribution in [2.24, 2.45) is 0 Å². The van der Waals surface area contributed by atoms with Crippen LogP contribution in [0.2, 0.25) is 0 Å². The lowest BCUT2D eigenvalue weighted by Gasteiger charge is -2.09. The number of anilines is 1. The molecule has 0 bridgehead atoms. The van der Waals surface area contributed by atoms with Crippen molar-refractivity contribution >= 4 is 15.7 Å². The number of nitrogens with one attached hydrogen (secondary N) is 2. The van der Waals surface area contributed by atoms with Gasteiger partial charge in [0, 0.05) is 26.2 Å². The molecule has 0 radical (unpaired) electrons. The first-order valence-electron chi connectivity index (χ1n) is 5.78. The molecule has 0 saturated carbocycles. The zero-order chi connectivity index (χ0) is 13.7. The van der Waals surface area contributed by atoms with Crippen molar-refractivity contribution in [2.45, 2.75) is 11.4 Å². The van der Waals surface area contributed by atoms with E-state index in [0.29, 0.717) is 12.1 Å². The minimum Gasteiger partial charge on any atom is -0.469 e. The Labute approximate surface area is 111 Å². The maximum atomic E-state index is 12.1. The largest absolute Gasteiger partial charge is 0.469 e. The molecule has 0 atom stereocenters. The number of pyridine rings is 1. The van der Waals surface area contributed by atoms with Crippen LogP contribution in [0, 0.1) is 0 Å². The lowest BCUT2D eigenvalue weighted by atomic mass is 10.3. The van der Waals surface area contributed by atoms with Gasteiger partial charge in [-0.05, 0) is 24.3 Å². The van der Waals surface area contributed by atoms with Crippen LogP contribution in [-0.2, 0) is 16.4 Å². The molecule has 6 nitrogen and oxygen atoms in total. The molecule has 0 aliphatic carbocycles. The summed E-state index contributed by atoms with van der Waals surface area (Å²) in [6.07, 6.45) is 3.50. The van der Waals surface area contributed by atoms with Crippen LogP contribution in [0.25, 0.3) is 0 Å². The van der Waals surface area contributed by atoms with Gasteiger partial charge in [-0.3, -0.25) is 0 Å². The van der Waals surface area contributed by atoms with Crippen molar-refractivity contribution in [3.63, 3.8) is 0 Å². The Morgan fingerprint density at radius 1 is 1.32 bits per heavy atom. The SMILES string of the molecule is CNc1cccnc1S(=O)(=O)NCCc1ccco1. The lowest BCUT2D eigenvalue weighted by Crippen LogP contribution is -2.27. The molecule has 2 aromatic heterocycles. The molecule has 0 fully saturated rings. The molecule has 0 spiro atoms. The van der Waals surface area contributed by atoms with Crippen molar-refractivity contribution < 1.29 is 12.8 Å². The summed E-state index contributed by atoms with van der Waals surface area (Å²) < 4.78 is 31.8. The van der Waals surface area contributed by atoms with Gasteiger partial charge in [0.05, 0.1) is 12.0 Å². The summed E-state index contributed by atoms with van der Waals surface area (Å²) in [6.45, 7) is 0.259. The number of aromatic nitrogens is 1. The molecule has 0 aromatic carbocycles. The van der Waals surface area contributed by atoms with Crippen LogP contribution in [0.5, 0.6) is 0 Å². The number of nitrogens with zero attached hydrogens (tertiary/aromatic N) is 1. The second-order valence-corrected chi connectivity index (χ2v) is 5.52. The van der Waals surface area contributed by atoms with Crippen LogP contribution in [0.4, 0.5) is 5.69 Å². The van der Waals surface area contributed by atoms with Crippen molar-refractivity contribution in [2.75, 3.05) is 18.9 Å². The minimum atomic E-state index is -3.62. The highest BCUT2D eigenvalue weighted by Crippen LogP contribution is 2.16. The predicted molar refractivity (Wildman–Crippen MR) is 71.4 cm³/mol. The summed E-state index contributed by atoms with van der Waals surface area (Å²) >= 11 is 0. The number of rotatable bonds is 6. The topological polar surface area (TPSA) is 84.2 Å². The summed E-state index contributed by atoms with van der Waals surface area (Å²) in [5.41, 5.74) is 0.466. The highest BCUT2D eigenvalue weighted by Gasteiger charge is 2.18. The van der Waals surface area contributed by atoms with Crippen LogP contribution in [0.3, 0.4) is 0 Å². The Kier molecular flexibility index (Phi) is 4.18. The normalized spacial score (nSPS) is 11.4. The van der Waals surface area contributed by atoms with Crippen LogP contribution in [0.1, 0.15) is 5.76 Å². The fourth-order valence-corrected chi connectivity index (χ4v) is 2.79. The van der Waals surface area contributed by atoms with Crippen molar-refractivity contribution in [1.29, 1.82) is 0 Å². The van der Waals surface area contributed by atoms with Gasteiger partial charge in [0.1, 0.15) is 5.76 Å². The van der Waals surface area contributed by atoms with E-state index in [0.717, 1.165) is 5.76 Å². The van der Waals surface area contributed by atoms with Crippen LogP contribution < -0.4 is 10.0 Å². The molecular weight excluding hydrogens is 266 g/mol. The molecule has 102 valence electrons. The van der Waals surface area contributed by atoms with E-state index in [1.54, 1.807) is 37.6 Å². The number of sulfonamides is 1. The van der Waals surface area contributed by atoms with E-state index in [1.165, 1.54) is 6.20 Å². The molecule has 0 amide bonds. The zero-order valence-electron chi connectivity index (χ0n) is 10.5. The van der Waals surface area contributed by atoms with Gasteiger partial charge >= 0.3 is 0 Å². The van der Waals surface area contributed by atoms with Gasteiger partial charge in [0.15, 0.2) is 5.03 Å². The zero-order valence-corrected chi connectivity index (χ0v) is 11.3. The average Bonchev–Trinajstić information content (AvgIpc) is 2.91. The van der Waals surface area contributed by atoms with Crippen LogP contribution in [0.15, 0.2) is 46.2 Å². The Balaban J connectivity index is 2.05. The lowest BCUT2D eigenvalue weighted by molar-refractivity contribution is 0.505. The van der Waals surface area contributed by atoms with Crippen molar-refractivity contribution in [1.82, 2.24) is 9.71 Å². The number of hydrogen-bond acceptors (Lipinski definition) is 5. The summed E-state index contributed by atoms with van der Waals surface area (Å²) in [4.78, 5) is 3.90. The van der Waals surface area contributed by atoms with E-state index in [1.807, 2.05) is 0 Å². The molecule has 0 unspecified atom stereocenters. The first-order chi connectivity index (χ1) is 9.13. The molecular formula is C12H15N3O3S. The summed E-state index contributed by atoms with van der Waals surface area (Å²) in [6, 6.07) is 6.90. The quantitative estimate of drug-likeness (QED) is 0.832. The van der Waals surface area contributed by atoms with Gasteiger partial charge < -0.3 is 9.73 Å². The monoisotopic (exact) mass is 281 g/mol. The Morgan fingerprint density at radius 2 is 2.16 bits per heavy atom. The van der Waals surface area contributed by atoms with E-state index < -0.39 is 10.0 Å². The van der Waals surface area contributed by atoms with Gasteiger partial charge in [-0.25, -0.2) is 18.1 Å². The molecule has 2 rings (SSSR count). The van der Waals surface area contributed by atoms with Crippen LogP contribution >= 0.6 is 0 Å². The van der Waals surface area contributed by atoms with E-state index in [4.69, 9.17) is 4.42 Å². The first-order valence-corrected chi connectivity index (χ1v) is 7.26. The predicted octanol–water partition coefficient (Wildman–Crippen LogP) is 1.24. The van der Waals surface area contributed by atoms with Gasteiger partial charge in [0.2, 0.25) is 0 Å². The minimum absolute atomic E-state index is 0.00283. The van der Waals surface area contributed by atoms with Crippen molar-refractivity contribution in [3.8, 4) is 0 Å². The molecule has 2 aromatic rings. The highest BCUT2D eigenvalue weighted by atomic mass is 32.2. The molecule has 2 N–H and O–H groups in total. The number of hydrogen-bond donors (Lipinski definition) is 2. The second-order valence-electron chi connectivity index (χ2n) is 3.83. The third-order valence-electron chi connectivity index (χ3n) is 2.54. The maximum Gasteiger partial charge on any atom is 0.260 e. The average molecular weight is 281 g/mol. The third kappa shape index (κ3) is 3.33. The molecule has 0 aliphatic heterocycles. The van der Waals surface area contributed by atoms with Gasteiger partial charge in [-0.15, -0.1) is 0 Å². The van der Waals surface area contributed by atoms with Gasteiger partial charge in [-0.1, -0.05) is 0 Å². The summed E-state index contributed by atoms with van der Waals surface area (Å²) in [5.74, 6) is 0.734. The molecule has 0 aliphatic rings. The second kappa shape index (κ2) is 5.85. The Morgan fingerprint density at radius 3 is 2.84 bits per heavy atom. The third-order valence-corrected chi connectivity index (χ3v) is 3.96. The molecule has 19 heavy (non-hydrogen) atoms. The van der Waals surface area contributed by atoms with E-state index in [-0.39, 0.29) is 11.6 Å². The smallest absolute Gasteiger partial charge is 0.260 e. The molecule has 2 heterocycles. The molecule has 7 heteroatoms. The van der Waals surface area contributed by atoms with E-state index in [9.17, 15) is 8.42 Å². The molecule has 0 saturated heterocycles. The van der Waals surface area contributed by atoms with Crippen LogP contribution in [-0.4, -0.2) is 27.0 Å². The van der Waals surface area contributed by atoms with Gasteiger partial charge in [-0.2, -0.15) is 0 Å². The highest BCUT2D eigenvalue weighted by molar-refractivity contribution is 7.89. The first kappa shape index (κ1) is 13.6. The Bertz CT molecular complexity index is 623. The fraction of sp³-hybridized carbons (Fsp3) is 0.250.